The summed E-state index contributed by atoms with van der Waals surface area (Å²) in [5.41, 5.74) is 10.6. The van der Waals surface area contributed by atoms with Crippen LogP contribution in [-0.2, 0) is 9.59 Å². The summed E-state index contributed by atoms with van der Waals surface area (Å²) >= 11 is 0. The average Bonchev–Trinajstić information content (AvgIpc) is 2.10. The number of carbonyl (C=O) groups is 2. The van der Waals surface area contributed by atoms with Gasteiger partial charge in [0.25, 0.3) is 0 Å². The molecule has 4 nitrogen and oxygen atoms in total. The fourth-order valence-corrected chi connectivity index (χ4v) is 1.06. The Morgan fingerprint density at radius 3 is 2.29 bits per heavy atom. The molecule has 0 aliphatic carbocycles. The van der Waals surface area contributed by atoms with E-state index in [-0.39, 0.29) is 6.42 Å². The van der Waals surface area contributed by atoms with Gasteiger partial charge in [0.1, 0.15) is 0 Å². The lowest BCUT2D eigenvalue weighted by Crippen LogP contribution is -2.17. The first-order valence-electron chi connectivity index (χ1n) is 4.85. The predicted molar refractivity (Wildman–Crippen MR) is 55.2 cm³/mol. The third-order valence-corrected chi connectivity index (χ3v) is 1.91. The van der Waals surface area contributed by atoms with Crippen LogP contribution in [0.2, 0.25) is 0 Å². The van der Waals surface area contributed by atoms with Crippen molar-refractivity contribution < 1.29 is 9.59 Å². The zero-order chi connectivity index (χ0) is 11.0. The fourth-order valence-electron chi connectivity index (χ4n) is 1.06. The van der Waals surface area contributed by atoms with Crippen LogP contribution in [0.5, 0.6) is 0 Å². The zero-order valence-corrected chi connectivity index (χ0v) is 8.58. The van der Waals surface area contributed by atoms with E-state index >= 15 is 0 Å². The van der Waals surface area contributed by atoms with Crippen LogP contribution in [0.1, 0.15) is 39.0 Å². The van der Waals surface area contributed by atoms with E-state index in [0.29, 0.717) is 12.0 Å². The zero-order valence-electron chi connectivity index (χ0n) is 8.58. The second-order valence-corrected chi connectivity index (χ2v) is 3.20. The summed E-state index contributed by atoms with van der Waals surface area (Å²) < 4.78 is 0. The number of nitrogens with two attached hydrogens (primary N) is 2. The van der Waals surface area contributed by atoms with Crippen molar-refractivity contribution in [2.45, 2.75) is 39.0 Å². The van der Waals surface area contributed by atoms with Gasteiger partial charge in [0.2, 0.25) is 11.8 Å². The predicted octanol–water partition coefficient (Wildman–Crippen LogP) is 0.854. The molecule has 0 saturated heterocycles. The normalized spacial score (nSPS) is 11.4. The van der Waals surface area contributed by atoms with Crippen molar-refractivity contribution in [2.75, 3.05) is 0 Å². The molecule has 14 heavy (non-hydrogen) atoms. The van der Waals surface area contributed by atoms with E-state index in [1.165, 1.54) is 0 Å². The standard InChI is InChI=1S/C10H18N2O2/c1-2-3-4-5-8(10(12)14)6-7-9(11)13/h5H,2-4,6-7H2,1H3,(H2,11,13)(H2,12,14). The van der Waals surface area contributed by atoms with Gasteiger partial charge in [-0.15, -0.1) is 0 Å². The van der Waals surface area contributed by atoms with E-state index in [4.69, 9.17) is 11.5 Å². The highest BCUT2D eigenvalue weighted by Crippen LogP contribution is 2.07. The summed E-state index contributed by atoms with van der Waals surface area (Å²) in [6, 6.07) is 0. The summed E-state index contributed by atoms with van der Waals surface area (Å²) in [5.74, 6) is -0.866. The average molecular weight is 198 g/mol. The molecule has 0 saturated carbocycles. The van der Waals surface area contributed by atoms with Crippen molar-refractivity contribution in [2.24, 2.45) is 11.5 Å². The van der Waals surface area contributed by atoms with Crippen LogP contribution in [0.4, 0.5) is 0 Å². The molecule has 0 spiro atoms. The molecule has 0 aliphatic heterocycles. The molecule has 2 amide bonds. The van der Waals surface area contributed by atoms with E-state index in [0.717, 1.165) is 19.3 Å². The Hall–Kier alpha value is -1.32. The van der Waals surface area contributed by atoms with Crippen LogP contribution in [0.15, 0.2) is 11.6 Å². The maximum atomic E-state index is 10.9. The Kier molecular flexibility index (Phi) is 6.45. The molecule has 4 N–H and O–H groups in total. The lowest BCUT2D eigenvalue weighted by molar-refractivity contribution is -0.118. The van der Waals surface area contributed by atoms with Gasteiger partial charge < -0.3 is 11.5 Å². The Morgan fingerprint density at radius 2 is 1.86 bits per heavy atom. The van der Waals surface area contributed by atoms with Gasteiger partial charge in [0, 0.05) is 12.0 Å². The minimum absolute atomic E-state index is 0.181. The number of primary amides is 2. The highest BCUT2D eigenvalue weighted by atomic mass is 16.1. The topological polar surface area (TPSA) is 86.2 Å². The molecule has 0 aromatic carbocycles. The number of hydrogen-bond donors (Lipinski definition) is 2. The van der Waals surface area contributed by atoms with E-state index < -0.39 is 11.8 Å². The molecule has 0 atom stereocenters. The van der Waals surface area contributed by atoms with Crippen LogP contribution in [0, 0.1) is 0 Å². The highest BCUT2D eigenvalue weighted by molar-refractivity contribution is 5.92. The van der Waals surface area contributed by atoms with Gasteiger partial charge in [-0.2, -0.15) is 0 Å². The monoisotopic (exact) mass is 198 g/mol. The minimum Gasteiger partial charge on any atom is -0.370 e. The number of amides is 2. The fraction of sp³-hybridized carbons (Fsp3) is 0.600. The van der Waals surface area contributed by atoms with Crippen molar-refractivity contribution in [3.8, 4) is 0 Å². The van der Waals surface area contributed by atoms with Gasteiger partial charge in [0.05, 0.1) is 0 Å². The quantitative estimate of drug-likeness (QED) is 0.469. The van der Waals surface area contributed by atoms with Crippen molar-refractivity contribution in [1.29, 1.82) is 0 Å². The summed E-state index contributed by atoms with van der Waals surface area (Å²) in [5, 5.41) is 0. The molecule has 0 radical (unpaired) electrons. The molecular formula is C10H18N2O2. The third-order valence-electron chi connectivity index (χ3n) is 1.91. The van der Waals surface area contributed by atoms with E-state index in [9.17, 15) is 9.59 Å². The van der Waals surface area contributed by atoms with E-state index in [1.54, 1.807) is 6.08 Å². The smallest absolute Gasteiger partial charge is 0.244 e. The van der Waals surface area contributed by atoms with Gasteiger partial charge in [-0.3, -0.25) is 9.59 Å². The maximum absolute atomic E-state index is 10.9. The molecule has 0 fully saturated rings. The maximum Gasteiger partial charge on any atom is 0.244 e. The van der Waals surface area contributed by atoms with E-state index in [1.807, 2.05) is 0 Å². The lowest BCUT2D eigenvalue weighted by atomic mass is 10.1. The Labute approximate surface area is 84.3 Å². The summed E-state index contributed by atoms with van der Waals surface area (Å²) in [6.45, 7) is 2.07. The number of carbonyl (C=O) groups excluding carboxylic acids is 2. The molecule has 0 unspecified atom stereocenters. The molecule has 80 valence electrons. The second-order valence-electron chi connectivity index (χ2n) is 3.20. The summed E-state index contributed by atoms with van der Waals surface area (Å²) in [4.78, 5) is 21.4. The number of unbranched alkanes of at least 4 members (excludes halogenated alkanes) is 2. The molecule has 0 heterocycles. The van der Waals surface area contributed by atoms with Gasteiger partial charge in [0.15, 0.2) is 0 Å². The minimum atomic E-state index is -0.456. The van der Waals surface area contributed by atoms with Crippen LogP contribution in [0.3, 0.4) is 0 Å². The number of rotatable bonds is 7. The van der Waals surface area contributed by atoms with E-state index in [2.05, 4.69) is 6.92 Å². The van der Waals surface area contributed by atoms with Crippen molar-refractivity contribution in [1.82, 2.24) is 0 Å². The van der Waals surface area contributed by atoms with Gasteiger partial charge in [-0.05, 0) is 12.8 Å². The largest absolute Gasteiger partial charge is 0.370 e. The first-order chi connectivity index (χ1) is 6.57. The van der Waals surface area contributed by atoms with Crippen molar-refractivity contribution in [3.63, 3.8) is 0 Å². The molecule has 0 aromatic rings. The second kappa shape index (κ2) is 7.12. The lowest BCUT2D eigenvalue weighted by Gasteiger charge is -2.01. The highest BCUT2D eigenvalue weighted by Gasteiger charge is 2.05. The van der Waals surface area contributed by atoms with Gasteiger partial charge >= 0.3 is 0 Å². The van der Waals surface area contributed by atoms with Crippen molar-refractivity contribution in [3.05, 3.63) is 11.6 Å². The molecule has 0 aromatic heterocycles. The van der Waals surface area contributed by atoms with Crippen LogP contribution in [-0.4, -0.2) is 11.8 Å². The Balaban J connectivity index is 4.07. The first-order valence-corrected chi connectivity index (χ1v) is 4.85. The third kappa shape index (κ3) is 6.22. The Morgan fingerprint density at radius 1 is 1.21 bits per heavy atom. The Bertz CT molecular complexity index is 234. The summed E-state index contributed by atoms with van der Waals surface area (Å²) in [7, 11) is 0. The van der Waals surface area contributed by atoms with Gasteiger partial charge in [-0.1, -0.05) is 25.8 Å². The molecule has 4 heteroatoms. The van der Waals surface area contributed by atoms with Crippen LogP contribution >= 0.6 is 0 Å². The van der Waals surface area contributed by atoms with Gasteiger partial charge in [-0.25, -0.2) is 0 Å². The van der Waals surface area contributed by atoms with Crippen molar-refractivity contribution >= 4 is 11.8 Å². The first kappa shape index (κ1) is 12.7. The van der Waals surface area contributed by atoms with Crippen LogP contribution < -0.4 is 11.5 Å². The van der Waals surface area contributed by atoms with Crippen LogP contribution in [0.25, 0.3) is 0 Å². The number of allylic oxidation sites excluding steroid dienone is 1. The molecule has 0 bridgehead atoms. The number of hydrogen-bond acceptors (Lipinski definition) is 2. The molecular weight excluding hydrogens is 180 g/mol. The molecule has 0 rings (SSSR count). The summed E-state index contributed by atoms with van der Waals surface area (Å²) in [6.07, 6.45) is 5.25. The SMILES string of the molecule is CCCCC=C(CCC(N)=O)C(N)=O. The molecule has 0 aliphatic rings.